The summed E-state index contributed by atoms with van der Waals surface area (Å²) >= 11 is 0. The van der Waals surface area contributed by atoms with E-state index in [1.165, 1.54) is 23.9 Å². The molecule has 0 aliphatic rings. The van der Waals surface area contributed by atoms with E-state index in [1.54, 1.807) is 6.20 Å². The summed E-state index contributed by atoms with van der Waals surface area (Å²) in [5.41, 5.74) is 2.77. The van der Waals surface area contributed by atoms with Crippen molar-refractivity contribution < 1.29 is 13.2 Å². The summed E-state index contributed by atoms with van der Waals surface area (Å²) in [4.78, 5) is 13.4. The first-order valence-corrected chi connectivity index (χ1v) is 9.10. The fraction of sp³-hybridized carbons (Fsp3) is 0.190. The van der Waals surface area contributed by atoms with Gasteiger partial charge in [-0.25, -0.2) is 9.97 Å². The van der Waals surface area contributed by atoms with Crippen LogP contribution in [-0.2, 0) is 12.6 Å². The van der Waals surface area contributed by atoms with E-state index >= 15 is 0 Å². The Morgan fingerprint density at radius 2 is 1.76 bits per heavy atom. The van der Waals surface area contributed by atoms with E-state index in [2.05, 4.69) is 33.3 Å². The second-order valence-electron chi connectivity index (χ2n) is 6.63. The average Bonchev–Trinajstić information content (AvgIpc) is 3.02. The average molecular weight is 397 g/mol. The van der Waals surface area contributed by atoms with Crippen LogP contribution in [-0.4, -0.2) is 19.5 Å². The van der Waals surface area contributed by atoms with Crippen LogP contribution < -0.4 is 5.32 Å². The van der Waals surface area contributed by atoms with Crippen LogP contribution >= 0.6 is 0 Å². The smallest absolute Gasteiger partial charge is 0.339 e. The van der Waals surface area contributed by atoms with E-state index in [0.29, 0.717) is 17.3 Å². The lowest BCUT2D eigenvalue weighted by Crippen LogP contribution is -2.05. The molecule has 148 valence electrons. The zero-order valence-corrected chi connectivity index (χ0v) is 15.8. The zero-order valence-electron chi connectivity index (χ0n) is 15.8. The van der Waals surface area contributed by atoms with E-state index < -0.39 is 11.7 Å². The van der Waals surface area contributed by atoms with Gasteiger partial charge >= 0.3 is 6.18 Å². The predicted octanol–water partition coefficient (Wildman–Crippen LogP) is 5.45. The van der Waals surface area contributed by atoms with Crippen LogP contribution in [0.1, 0.15) is 23.9 Å². The van der Waals surface area contributed by atoms with Gasteiger partial charge in [-0.3, -0.25) is 9.55 Å². The number of imidazole rings is 1. The van der Waals surface area contributed by atoms with Crippen LogP contribution in [0.4, 0.5) is 24.7 Å². The summed E-state index contributed by atoms with van der Waals surface area (Å²) < 4.78 is 40.1. The lowest BCUT2D eigenvalue weighted by atomic mass is 10.1. The van der Waals surface area contributed by atoms with Crippen molar-refractivity contribution >= 4 is 22.5 Å². The van der Waals surface area contributed by atoms with Gasteiger partial charge in [-0.15, -0.1) is 0 Å². The highest BCUT2D eigenvalue weighted by atomic mass is 19.4. The zero-order chi connectivity index (χ0) is 20.6. The maximum atomic E-state index is 12.7. The number of halogens is 3. The first-order valence-electron chi connectivity index (χ1n) is 9.10. The highest BCUT2D eigenvalue weighted by molar-refractivity contribution is 5.78. The number of anilines is 2. The molecule has 8 heteroatoms. The molecular formula is C21H18F3N5. The molecule has 0 fully saturated rings. The number of rotatable bonds is 4. The van der Waals surface area contributed by atoms with Gasteiger partial charge in [0.1, 0.15) is 5.82 Å². The standard InChI is InChI=1S/C21H18F3N5/c1-3-14-4-9-17-18(10-14)29(13(2)26-17)20-12-25-11-19(28-20)27-16-7-5-15(6-8-16)21(22,23)24/h4-12H,3H2,1-2H3,(H,27,28). The van der Waals surface area contributed by atoms with Gasteiger partial charge in [0.2, 0.25) is 0 Å². The Kier molecular flexibility index (Phi) is 4.70. The number of aromatic nitrogens is 4. The first kappa shape index (κ1) is 18.9. The molecule has 2 aromatic heterocycles. The minimum atomic E-state index is -4.37. The summed E-state index contributed by atoms with van der Waals surface area (Å²) in [6, 6.07) is 10.9. The molecule has 0 amide bonds. The lowest BCUT2D eigenvalue weighted by molar-refractivity contribution is -0.137. The van der Waals surface area contributed by atoms with Gasteiger partial charge in [0, 0.05) is 5.69 Å². The van der Waals surface area contributed by atoms with E-state index in [9.17, 15) is 13.2 Å². The maximum absolute atomic E-state index is 12.7. The maximum Gasteiger partial charge on any atom is 0.416 e. The molecule has 0 aliphatic carbocycles. The number of nitrogens with one attached hydrogen (secondary N) is 1. The topological polar surface area (TPSA) is 55.6 Å². The van der Waals surface area contributed by atoms with E-state index in [1.807, 2.05) is 23.6 Å². The summed E-state index contributed by atoms with van der Waals surface area (Å²) in [6.45, 7) is 3.98. The van der Waals surface area contributed by atoms with Crippen molar-refractivity contribution in [2.45, 2.75) is 26.4 Å². The molecule has 0 bridgehead atoms. The monoisotopic (exact) mass is 397 g/mol. The molecule has 0 spiro atoms. The summed E-state index contributed by atoms with van der Waals surface area (Å²) in [5, 5.41) is 3.00. The minimum Gasteiger partial charge on any atom is -0.339 e. The molecule has 2 aromatic carbocycles. The molecule has 29 heavy (non-hydrogen) atoms. The lowest BCUT2D eigenvalue weighted by Gasteiger charge is -2.11. The molecule has 0 atom stereocenters. The number of benzene rings is 2. The van der Waals surface area contributed by atoms with Crippen molar-refractivity contribution in [2.24, 2.45) is 0 Å². The third-order valence-electron chi connectivity index (χ3n) is 4.63. The third kappa shape index (κ3) is 3.78. The summed E-state index contributed by atoms with van der Waals surface area (Å²) in [7, 11) is 0. The Labute approximate surface area is 165 Å². The normalized spacial score (nSPS) is 11.8. The quantitative estimate of drug-likeness (QED) is 0.498. The molecule has 0 saturated carbocycles. The van der Waals surface area contributed by atoms with Crippen molar-refractivity contribution in [3.05, 3.63) is 71.8 Å². The van der Waals surface area contributed by atoms with Gasteiger partial charge in [0.25, 0.3) is 0 Å². The van der Waals surface area contributed by atoms with Crippen LogP contribution in [0, 0.1) is 6.92 Å². The van der Waals surface area contributed by atoms with Crippen LogP contribution in [0.5, 0.6) is 0 Å². The second-order valence-corrected chi connectivity index (χ2v) is 6.63. The number of nitrogens with zero attached hydrogens (tertiary/aromatic N) is 4. The molecule has 5 nitrogen and oxygen atoms in total. The largest absolute Gasteiger partial charge is 0.416 e. The van der Waals surface area contributed by atoms with Gasteiger partial charge in [-0.05, 0) is 55.3 Å². The van der Waals surface area contributed by atoms with Gasteiger partial charge < -0.3 is 5.32 Å². The SMILES string of the molecule is CCc1ccc2nc(C)n(-c3cncc(Nc4ccc(C(F)(F)F)cc4)n3)c2c1. The number of aryl methyl sites for hydroxylation is 2. The van der Waals surface area contributed by atoms with E-state index in [4.69, 9.17) is 0 Å². The molecule has 0 radical (unpaired) electrons. The Hall–Kier alpha value is -3.42. The molecule has 0 aliphatic heterocycles. The highest BCUT2D eigenvalue weighted by Gasteiger charge is 2.29. The van der Waals surface area contributed by atoms with Gasteiger partial charge in [0.05, 0.1) is 29.0 Å². The Bertz CT molecular complexity index is 1160. The number of hydrogen-bond donors (Lipinski definition) is 1. The molecule has 4 rings (SSSR count). The van der Waals surface area contributed by atoms with Crippen molar-refractivity contribution in [3.8, 4) is 5.82 Å². The minimum absolute atomic E-state index is 0.426. The fourth-order valence-corrected chi connectivity index (χ4v) is 3.16. The molecule has 2 heterocycles. The van der Waals surface area contributed by atoms with Crippen LogP contribution in [0.2, 0.25) is 0 Å². The predicted molar refractivity (Wildman–Crippen MR) is 106 cm³/mol. The third-order valence-corrected chi connectivity index (χ3v) is 4.63. The Balaban J connectivity index is 1.68. The van der Waals surface area contributed by atoms with Crippen LogP contribution in [0.3, 0.4) is 0 Å². The van der Waals surface area contributed by atoms with Gasteiger partial charge in [-0.1, -0.05) is 13.0 Å². The molecule has 1 N–H and O–H groups in total. The van der Waals surface area contributed by atoms with Gasteiger partial charge in [-0.2, -0.15) is 13.2 Å². The molecule has 0 saturated heterocycles. The van der Waals surface area contributed by atoms with Crippen LogP contribution in [0.25, 0.3) is 16.9 Å². The summed E-state index contributed by atoms with van der Waals surface area (Å²) in [6.07, 6.45) is -0.311. The van der Waals surface area contributed by atoms with Gasteiger partial charge in [0.15, 0.2) is 11.6 Å². The van der Waals surface area contributed by atoms with E-state index in [-0.39, 0.29) is 0 Å². The first-order chi connectivity index (χ1) is 13.8. The highest BCUT2D eigenvalue weighted by Crippen LogP contribution is 2.30. The van der Waals surface area contributed by atoms with Crippen molar-refractivity contribution in [1.82, 2.24) is 19.5 Å². The van der Waals surface area contributed by atoms with Crippen molar-refractivity contribution in [2.75, 3.05) is 5.32 Å². The van der Waals surface area contributed by atoms with Crippen molar-refractivity contribution in [3.63, 3.8) is 0 Å². The Morgan fingerprint density at radius 1 is 1.00 bits per heavy atom. The molecule has 4 aromatic rings. The number of fused-ring (bicyclic) bond motifs is 1. The fourth-order valence-electron chi connectivity index (χ4n) is 3.16. The molecular weight excluding hydrogens is 379 g/mol. The van der Waals surface area contributed by atoms with Crippen molar-refractivity contribution in [1.29, 1.82) is 0 Å². The van der Waals surface area contributed by atoms with E-state index in [0.717, 1.165) is 35.4 Å². The molecule has 0 unspecified atom stereocenters. The summed E-state index contributed by atoms with van der Waals surface area (Å²) in [5.74, 6) is 1.78. The second kappa shape index (κ2) is 7.20. The Morgan fingerprint density at radius 3 is 2.45 bits per heavy atom. The number of alkyl halides is 3. The van der Waals surface area contributed by atoms with Crippen LogP contribution in [0.15, 0.2) is 54.9 Å². The number of hydrogen-bond acceptors (Lipinski definition) is 4.